The highest BCUT2D eigenvalue weighted by Crippen LogP contribution is 2.21. The first-order chi connectivity index (χ1) is 7.49. The Hall–Kier alpha value is -0.390. The summed E-state index contributed by atoms with van der Waals surface area (Å²) >= 11 is 5.14. The Bertz CT molecular complexity index is 354. The molecule has 0 saturated heterocycles. The monoisotopic (exact) mass is 305 g/mol. The molecule has 1 heterocycles. The summed E-state index contributed by atoms with van der Waals surface area (Å²) in [5.41, 5.74) is 0. The topological polar surface area (TPSA) is 40.5 Å². The highest BCUT2D eigenvalue weighted by molar-refractivity contribution is 9.10. The molecule has 1 unspecified atom stereocenters. The lowest BCUT2D eigenvalue weighted by atomic mass is 10.1. The molecule has 0 radical (unpaired) electrons. The highest BCUT2D eigenvalue weighted by Gasteiger charge is 2.12. The Morgan fingerprint density at radius 1 is 1.69 bits per heavy atom. The van der Waals surface area contributed by atoms with Crippen LogP contribution in [0.5, 0.6) is 0 Å². The quantitative estimate of drug-likeness (QED) is 0.877. The fourth-order valence-corrected chi connectivity index (χ4v) is 2.90. The Kier molecular flexibility index (Phi) is 5.44. The number of carbonyl (C=O) groups is 1. The van der Waals surface area contributed by atoms with E-state index in [1.54, 1.807) is 11.3 Å². The number of rotatable bonds is 6. The first-order valence-corrected chi connectivity index (χ1v) is 6.81. The van der Waals surface area contributed by atoms with E-state index < -0.39 is 5.97 Å². The molecule has 1 rings (SSSR count). The van der Waals surface area contributed by atoms with Crippen LogP contribution in [0.4, 0.5) is 0 Å². The Balaban J connectivity index is 2.39. The van der Waals surface area contributed by atoms with Crippen molar-refractivity contribution in [3.63, 3.8) is 0 Å². The molecule has 0 amide bonds. The van der Waals surface area contributed by atoms with E-state index in [0.717, 1.165) is 11.0 Å². The molecule has 0 aliphatic rings. The highest BCUT2D eigenvalue weighted by atomic mass is 79.9. The molecule has 1 N–H and O–H groups in total. The number of thiophene rings is 1. The number of carboxylic acids is 1. The third-order valence-corrected chi connectivity index (χ3v) is 4.24. The van der Waals surface area contributed by atoms with Crippen LogP contribution < -0.4 is 0 Å². The van der Waals surface area contributed by atoms with Crippen molar-refractivity contribution in [1.82, 2.24) is 4.90 Å². The predicted octanol–water partition coefficient (Wildman–Crippen LogP) is 3.20. The van der Waals surface area contributed by atoms with Gasteiger partial charge in [0.05, 0.1) is 0 Å². The largest absolute Gasteiger partial charge is 0.481 e. The molecule has 5 heteroatoms. The molecule has 3 nitrogen and oxygen atoms in total. The van der Waals surface area contributed by atoms with Crippen molar-refractivity contribution in [2.24, 2.45) is 0 Å². The number of carboxylic acid groups (broad SMARTS) is 1. The second-order valence-corrected chi connectivity index (χ2v) is 5.84. The van der Waals surface area contributed by atoms with Crippen molar-refractivity contribution < 1.29 is 9.90 Å². The van der Waals surface area contributed by atoms with Gasteiger partial charge in [0.25, 0.3) is 0 Å². The molecular weight excluding hydrogens is 290 g/mol. The molecule has 1 aromatic heterocycles. The lowest BCUT2D eigenvalue weighted by molar-refractivity contribution is -0.137. The van der Waals surface area contributed by atoms with Gasteiger partial charge in [-0.3, -0.25) is 9.69 Å². The summed E-state index contributed by atoms with van der Waals surface area (Å²) in [5.74, 6) is -0.723. The summed E-state index contributed by atoms with van der Waals surface area (Å²) in [4.78, 5) is 13.9. The first kappa shape index (κ1) is 13.7. The zero-order valence-electron chi connectivity index (χ0n) is 9.44. The summed E-state index contributed by atoms with van der Waals surface area (Å²) < 4.78 is 1.11. The molecule has 0 bridgehead atoms. The maximum atomic E-state index is 10.5. The third-order valence-electron chi connectivity index (χ3n) is 2.56. The first-order valence-electron chi connectivity index (χ1n) is 5.14. The van der Waals surface area contributed by atoms with E-state index >= 15 is 0 Å². The van der Waals surface area contributed by atoms with E-state index in [9.17, 15) is 4.79 Å². The van der Waals surface area contributed by atoms with Crippen molar-refractivity contribution in [2.75, 3.05) is 7.05 Å². The van der Waals surface area contributed by atoms with Gasteiger partial charge in [-0.05, 0) is 42.4 Å². The molecule has 0 aromatic carbocycles. The number of nitrogens with zero attached hydrogens (tertiary/aromatic N) is 1. The van der Waals surface area contributed by atoms with Crippen molar-refractivity contribution in [1.29, 1.82) is 0 Å². The van der Waals surface area contributed by atoms with Gasteiger partial charge in [0.1, 0.15) is 0 Å². The van der Waals surface area contributed by atoms with Gasteiger partial charge in [-0.25, -0.2) is 0 Å². The van der Waals surface area contributed by atoms with E-state index in [4.69, 9.17) is 5.11 Å². The van der Waals surface area contributed by atoms with Crippen LogP contribution in [0.2, 0.25) is 0 Å². The van der Waals surface area contributed by atoms with Crippen molar-refractivity contribution in [3.8, 4) is 0 Å². The van der Waals surface area contributed by atoms with Gasteiger partial charge in [-0.1, -0.05) is 0 Å². The number of aliphatic carboxylic acids is 1. The van der Waals surface area contributed by atoms with Crippen LogP contribution in [-0.2, 0) is 11.3 Å². The number of halogens is 1. The second kappa shape index (κ2) is 6.37. The molecular formula is C11H16BrNO2S. The van der Waals surface area contributed by atoms with Crippen LogP contribution in [0, 0.1) is 0 Å². The lowest BCUT2D eigenvalue weighted by Gasteiger charge is -2.23. The van der Waals surface area contributed by atoms with Gasteiger partial charge in [0.15, 0.2) is 0 Å². The molecule has 1 atom stereocenters. The van der Waals surface area contributed by atoms with Gasteiger partial charge in [0, 0.05) is 33.7 Å². The SMILES string of the molecule is CC(CCC(=O)O)N(C)Cc1cc(Br)cs1. The minimum Gasteiger partial charge on any atom is -0.481 e. The number of hydrogen-bond donors (Lipinski definition) is 1. The van der Waals surface area contributed by atoms with E-state index in [1.165, 1.54) is 4.88 Å². The van der Waals surface area contributed by atoms with Crippen LogP contribution in [0.3, 0.4) is 0 Å². The summed E-state index contributed by atoms with van der Waals surface area (Å²) in [5, 5.41) is 10.7. The summed E-state index contributed by atoms with van der Waals surface area (Å²) in [6.07, 6.45) is 0.929. The van der Waals surface area contributed by atoms with E-state index in [-0.39, 0.29) is 12.5 Å². The Labute approximate surface area is 108 Å². The standard InChI is InChI=1S/C11H16BrNO2S/c1-8(3-4-11(14)15)13(2)6-10-5-9(12)7-16-10/h5,7-8H,3-4,6H2,1-2H3,(H,14,15). The number of hydrogen-bond acceptors (Lipinski definition) is 3. The molecule has 0 aliphatic carbocycles. The van der Waals surface area contributed by atoms with E-state index in [1.807, 2.05) is 7.05 Å². The van der Waals surface area contributed by atoms with E-state index in [2.05, 4.69) is 39.2 Å². The van der Waals surface area contributed by atoms with Crippen LogP contribution in [-0.4, -0.2) is 29.1 Å². The molecule has 90 valence electrons. The van der Waals surface area contributed by atoms with Gasteiger partial charge < -0.3 is 5.11 Å². The fourth-order valence-electron chi connectivity index (χ4n) is 1.39. The minimum absolute atomic E-state index is 0.236. The molecule has 0 aliphatic heterocycles. The maximum absolute atomic E-state index is 10.5. The van der Waals surface area contributed by atoms with Gasteiger partial charge in [-0.15, -0.1) is 11.3 Å². The van der Waals surface area contributed by atoms with Crippen LogP contribution >= 0.6 is 27.3 Å². The van der Waals surface area contributed by atoms with Crippen molar-refractivity contribution in [2.45, 2.75) is 32.4 Å². The third kappa shape index (κ3) is 4.63. The Morgan fingerprint density at radius 3 is 2.88 bits per heavy atom. The van der Waals surface area contributed by atoms with Gasteiger partial charge >= 0.3 is 5.97 Å². The van der Waals surface area contributed by atoms with Gasteiger partial charge in [-0.2, -0.15) is 0 Å². The Morgan fingerprint density at radius 2 is 2.38 bits per heavy atom. The predicted molar refractivity (Wildman–Crippen MR) is 69.8 cm³/mol. The fraction of sp³-hybridized carbons (Fsp3) is 0.545. The summed E-state index contributed by atoms with van der Waals surface area (Å²) in [6, 6.07) is 2.39. The molecule has 1 aromatic rings. The van der Waals surface area contributed by atoms with Crippen LogP contribution in [0.1, 0.15) is 24.6 Å². The van der Waals surface area contributed by atoms with Crippen molar-refractivity contribution >= 4 is 33.2 Å². The van der Waals surface area contributed by atoms with Crippen LogP contribution in [0.15, 0.2) is 15.9 Å². The zero-order valence-corrected chi connectivity index (χ0v) is 11.8. The smallest absolute Gasteiger partial charge is 0.303 e. The maximum Gasteiger partial charge on any atom is 0.303 e. The van der Waals surface area contributed by atoms with Gasteiger partial charge in [0.2, 0.25) is 0 Å². The normalized spacial score (nSPS) is 13.0. The lowest BCUT2D eigenvalue weighted by Crippen LogP contribution is -2.28. The average molecular weight is 306 g/mol. The van der Waals surface area contributed by atoms with E-state index in [0.29, 0.717) is 6.42 Å². The zero-order chi connectivity index (χ0) is 12.1. The second-order valence-electron chi connectivity index (χ2n) is 3.93. The average Bonchev–Trinajstić information content (AvgIpc) is 2.60. The summed E-state index contributed by atoms with van der Waals surface area (Å²) in [6.45, 7) is 2.93. The van der Waals surface area contributed by atoms with Crippen LogP contribution in [0.25, 0.3) is 0 Å². The summed E-state index contributed by atoms with van der Waals surface area (Å²) in [7, 11) is 2.03. The molecule has 0 spiro atoms. The molecule has 0 fully saturated rings. The van der Waals surface area contributed by atoms with Crippen molar-refractivity contribution in [3.05, 3.63) is 20.8 Å². The molecule has 16 heavy (non-hydrogen) atoms. The molecule has 0 saturated carbocycles. The minimum atomic E-state index is -0.723.